The van der Waals surface area contributed by atoms with Gasteiger partial charge in [0.2, 0.25) is 0 Å². The maximum absolute atomic E-state index is 12.3. The number of nitro groups is 1. The molecule has 0 unspecified atom stereocenters. The van der Waals surface area contributed by atoms with Gasteiger partial charge in [0.25, 0.3) is 5.69 Å². The monoisotopic (exact) mass is 327 g/mol. The lowest BCUT2D eigenvalue weighted by molar-refractivity contribution is -0.385. The maximum Gasteiger partial charge on any atom is 0.350 e. The highest BCUT2D eigenvalue weighted by molar-refractivity contribution is 6.31. The molecule has 0 amide bonds. The van der Waals surface area contributed by atoms with Crippen molar-refractivity contribution in [2.24, 2.45) is 0 Å². The zero-order valence-electron chi connectivity index (χ0n) is 11.7. The van der Waals surface area contributed by atoms with Crippen molar-refractivity contribution in [3.63, 3.8) is 0 Å². The normalized spacial score (nSPS) is 10.5. The Morgan fingerprint density at radius 1 is 1.04 bits per heavy atom. The minimum Gasteiger partial charge on any atom is -0.422 e. The summed E-state index contributed by atoms with van der Waals surface area (Å²) in [5, 5.41) is 12.9. The Morgan fingerprint density at radius 3 is 2.57 bits per heavy atom. The number of halogens is 1. The number of carbonyl (C=O) groups is 1. The summed E-state index contributed by atoms with van der Waals surface area (Å²) < 4.78 is 5.36. The largest absolute Gasteiger partial charge is 0.422 e. The summed E-state index contributed by atoms with van der Waals surface area (Å²) in [5.74, 6) is -0.456. The SMILES string of the molecule is O=C(Oc1cccc2ccccc12)c1ccc(Cl)cc1[N+](=O)[O-]. The Hall–Kier alpha value is -2.92. The second-order valence-corrected chi connectivity index (χ2v) is 5.22. The highest BCUT2D eigenvalue weighted by Gasteiger charge is 2.22. The second kappa shape index (κ2) is 6.06. The van der Waals surface area contributed by atoms with Crippen molar-refractivity contribution >= 4 is 34.0 Å². The van der Waals surface area contributed by atoms with Crippen LogP contribution in [0.4, 0.5) is 5.69 Å². The van der Waals surface area contributed by atoms with Gasteiger partial charge in [-0.15, -0.1) is 0 Å². The Kier molecular flexibility index (Phi) is 3.95. The zero-order chi connectivity index (χ0) is 16.4. The molecule has 6 heteroatoms. The molecular weight excluding hydrogens is 318 g/mol. The molecular formula is C17H10ClNO4. The molecule has 0 aliphatic rings. The van der Waals surface area contributed by atoms with Crippen LogP contribution in [0.2, 0.25) is 5.02 Å². The summed E-state index contributed by atoms with van der Waals surface area (Å²) in [4.78, 5) is 22.7. The molecule has 0 saturated carbocycles. The Labute approximate surface area is 136 Å². The van der Waals surface area contributed by atoms with Crippen molar-refractivity contribution in [3.8, 4) is 5.75 Å². The van der Waals surface area contributed by atoms with Crippen LogP contribution in [0.25, 0.3) is 10.8 Å². The van der Waals surface area contributed by atoms with E-state index in [2.05, 4.69) is 0 Å². The van der Waals surface area contributed by atoms with Crippen molar-refractivity contribution in [2.45, 2.75) is 0 Å². The van der Waals surface area contributed by atoms with Crippen LogP contribution in [0.5, 0.6) is 5.75 Å². The van der Waals surface area contributed by atoms with Gasteiger partial charge in [-0.1, -0.05) is 48.0 Å². The average molecular weight is 328 g/mol. The summed E-state index contributed by atoms with van der Waals surface area (Å²) in [7, 11) is 0. The second-order valence-electron chi connectivity index (χ2n) is 4.79. The molecule has 0 bridgehead atoms. The maximum atomic E-state index is 12.3. The van der Waals surface area contributed by atoms with Gasteiger partial charge < -0.3 is 4.74 Å². The fourth-order valence-corrected chi connectivity index (χ4v) is 2.43. The number of esters is 1. The van der Waals surface area contributed by atoms with E-state index in [4.69, 9.17) is 16.3 Å². The third kappa shape index (κ3) is 3.00. The predicted molar refractivity (Wildman–Crippen MR) is 87.0 cm³/mol. The standard InChI is InChI=1S/C17H10ClNO4/c18-12-8-9-14(15(10-12)19(21)22)17(20)23-16-7-3-5-11-4-1-2-6-13(11)16/h1-10H. The van der Waals surface area contributed by atoms with Crippen LogP contribution in [-0.4, -0.2) is 10.9 Å². The smallest absolute Gasteiger partial charge is 0.350 e. The van der Waals surface area contributed by atoms with Gasteiger partial charge in [-0.05, 0) is 23.6 Å². The molecule has 0 fully saturated rings. The molecule has 0 spiro atoms. The lowest BCUT2D eigenvalue weighted by Gasteiger charge is -2.08. The third-order valence-corrected chi connectivity index (χ3v) is 3.56. The molecule has 0 saturated heterocycles. The number of hydrogen-bond acceptors (Lipinski definition) is 4. The highest BCUT2D eigenvalue weighted by atomic mass is 35.5. The fraction of sp³-hybridized carbons (Fsp3) is 0. The van der Waals surface area contributed by atoms with E-state index in [1.807, 2.05) is 30.3 Å². The molecule has 23 heavy (non-hydrogen) atoms. The number of hydrogen-bond donors (Lipinski definition) is 0. The van der Waals surface area contributed by atoms with Gasteiger partial charge >= 0.3 is 5.97 Å². The molecule has 3 aromatic rings. The van der Waals surface area contributed by atoms with Crippen molar-refractivity contribution in [2.75, 3.05) is 0 Å². The Balaban J connectivity index is 2.00. The molecule has 5 nitrogen and oxygen atoms in total. The summed E-state index contributed by atoms with van der Waals surface area (Å²) in [6.07, 6.45) is 0. The molecule has 3 aromatic carbocycles. The van der Waals surface area contributed by atoms with Crippen molar-refractivity contribution in [1.82, 2.24) is 0 Å². The van der Waals surface area contributed by atoms with E-state index in [1.165, 1.54) is 12.1 Å². The van der Waals surface area contributed by atoms with E-state index in [0.717, 1.165) is 16.8 Å². The van der Waals surface area contributed by atoms with Crippen LogP contribution in [-0.2, 0) is 0 Å². The quantitative estimate of drug-likeness (QED) is 0.304. The van der Waals surface area contributed by atoms with E-state index in [9.17, 15) is 14.9 Å². The van der Waals surface area contributed by atoms with E-state index in [-0.39, 0.29) is 16.3 Å². The summed E-state index contributed by atoms with van der Waals surface area (Å²) >= 11 is 5.75. The van der Waals surface area contributed by atoms with Crippen LogP contribution in [0.15, 0.2) is 60.7 Å². The minimum absolute atomic E-state index is 0.146. The number of benzene rings is 3. The number of nitrogens with zero attached hydrogens (tertiary/aromatic N) is 1. The Bertz CT molecular complexity index is 918. The molecule has 0 aliphatic carbocycles. The van der Waals surface area contributed by atoms with Crippen LogP contribution in [0, 0.1) is 10.1 Å². The summed E-state index contributed by atoms with van der Waals surface area (Å²) in [6.45, 7) is 0. The zero-order valence-corrected chi connectivity index (χ0v) is 12.5. The fourth-order valence-electron chi connectivity index (χ4n) is 2.27. The molecule has 0 radical (unpaired) electrons. The lowest BCUT2D eigenvalue weighted by Crippen LogP contribution is -2.11. The number of nitro benzene ring substituents is 1. The number of rotatable bonds is 3. The number of ether oxygens (including phenoxy) is 1. The summed E-state index contributed by atoms with van der Waals surface area (Å²) in [5.41, 5.74) is -0.532. The molecule has 0 atom stereocenters. The first-order valence-electron chi connectivity index (χ1n) is 6.70. The summed E-state index contributed by atoms with van der Waals surface area (Å²) in [6, 6.07) is 16.5. The average Bonchev–Trinajstić information content (AvgIpc) is 2.55. The van der Waals surface area contributed by atoms with Crippen LogP contribution in [0.1, 0.15) is 10.4 Å². The van der Waals surface area contributed by atoms with Gasteiger partial charge in [-0.25, -0.2) is 4.79 Å². The van der Waals surface area contributed by atoms with E-state index in [0.29, 0.717) is 5.75 Å². The number of carbonyl (C=O) groups excluding carboxylic acids is 1. The first-order valence-corrected chi connectivity index (χ1v) is 7.08. The van der Waals surface area contributed by atoms with Crippen LogP contribution in [0.3, 0.4) is 0 Å². The lowest BCUT2D eigenvalue weighted by atomic mass is 10.1. The van der Waals surface area contributed by atoms with E-state index < -0.39 is 10.9 Å². The minimum atomic E-state index is -0.801. The van der Waals surface area contributed by atoms with Gasteiger partial charge in [0.15, 0.2) is 0 Å². The predicted octanol–water partition coefficient (Wildman–Crippen LogP) is 4.62. The van der Waals surface area contributed by atoms with Gasteiger partial charge in [0, 0.05) is 16.5 Å². The molecule has 0 aliphatic heterocycles. The molecule has 114 valence electrons. The van der Waals surface area contributed by atoms with Gasteiger partial charge in [0.1, 0.15) is 11.3 Å². The van der Waals surface area contributed by atoms with Crippen molar-refractivity contribution in [3.05, 3.63) is 81.4 Å². The first kappa shape index (κ1) is 15.0. The Morgan fingerprint density at radius 2 is 1.78 bits per heavy atom. The molecule has 0 heterocycles. The van der Waals surface area contributed by atoms with Gasteiger partial charge in [0.05, 0.1) is 4.92 Å². The number of fused-ring (bicyclic) bond motifs is 1. The van der Waals surface area contributed by atoms with Gasteiger partial charge in [-0.2, -0.15) is 0 Å². The van der Waals surface area contributed by atoms with E-state index in [1.54, 1.807) is 12.1 Å². The first-order chi connectivity index (χ1) is 11.1. The molecule has 0 aromatic heterocycles. The van der Waals surface area contributed by atoms with Crippen LogP contribution >= 0.6 is 11.6 Å². The van der Waals surface area contributed by atoms with Crippen molar-refractivity contribution < 1.29 is 14.5 Å². The topological polar surface area (TPSA) is 69.4 Å². The van der Waals surface area contributed by atoms with Crippen LogP contribution < -0.4 is 4.74 Å². The van der Waals surface area contributed by atoms with Crippen molar-refractivity contribution in [1.29, 1.82) is 0 Å². The van der Waals surface area contributed by atoms with E-state index >= 15 is 0 Å². The van der Waals surface area contributed by atoms with Gasteiger partial charge in [-0.3, -0.25) is 10.1 Å². The molecule has 0 N–H and O–H groups in total. The third-order valence-electron chi connectivity index (χ3n) is 3.33. The molecule has 3 rings (SSSR count). The highest BCUT2D eigenvalue weighted by Crippen LogP contribution is 2.28.